The summed E-state index contributed by atoms with van der Waals surface area (Å²) in [6, 6.07) is 0.758. The first-order valence-corrected chi connectivity index (χ1v) is 5.65. The van der Waals surface area contributed by atoms with Gasteiger partial charge in [-0.25, -0.2) is 0 Å². The van der Waals surface area contributed by atoms with Crippen molar-refractivity contribution in [1.82, 2.24) is 10.2 Å². The van der Waals surface area contributed by atoms with E-state index in [9.17, 15) is 0 Å². The van der Waals surface area contributed by atoms with E-state index in [1.54, 1.807) is 7.11 Å². The van der Waals surface area contributed by atoms with Gasteiger partial charge in [-0.1, -0.05) is 6.92 Å². The van der Waals surface area contributed by atoms with Crippen molar-refractivity contribution in [1.29, 1.82) is 0 Å². The van der Waals surface area contributed by atoms with Gasteiger partial charge in [0.1, 0.15) is 0 Å². The van der Waals surface area contributed by atoms with Crippen LogP contribution in [-0.4, -0.2) is 51.3 Å². The van der Waals surface area contributed by atoms with Gasteiger partial charge in [0.25, 0.3) is 0 Å². The Hall–Kier alpha value is -0.120. The third kappa shape index (κ3) is 3.56. The summed E-state index contributed by atoms with van der Waals surface area (Å²) >= 11 is 0. The number of hydrogen-bond donors (Lipinski definition) is 1. The Morgan fingerprint density at radius 2 is 2.29 bits per heavy atom. The molecule has 1 heterocycles. The number of hydrogen-bond acceptors (Lipinski definition) is 3. The van der Waals surface area contributed by atoms with Crippen LogP contribution in [0.3, 0.4) is 0 Å². The molecule has 2 unspecified atom stereocenters. The maximum absolute atomic E-state index is 5.07. The number of nitrogens with one attached hydrogen (secondary N) is 1. The molecule has 1 saturated heterocycles. The molecule has 14 heavy (non-hydrogen) atoms. The van der Waals surface area contributed by atoms with Gasteiger partial charge in [0.2, 0.25) is 0 Å². The number of methoxy groups -OCH3 is 1. The fraction of sp³-hybridized carbons (Fsp3) is 1.00. The summed E-state index contributed by atoms with van der Waals surface area (Å²) in [5.41, 5.74) is 0. The fourth-order valence-corrected chi connectivity index (χ4v) is 2.28. The summed E-state index contributed by atoms with van der Waals surface area (Å²) in [6.45, 7) is 6.71. The van der Waals surface area contributed by atoms with Gasteiger partial charge < -0.3 is 15.0 Å². The van der Waals surface area contributed by atoms with E-state index in [0.29, 0.717) is 0 Å². The first-order valence-electron chi connectivity index (χ1n) is 5.65. The maximum Gasteiger partial charge on any atom is 0.0474 e. The topological polar surface area (TPSA) is 24.5 Å². The molecule has 84 valence electrons. The third-order valence-electron chi connectivity index (χ3n) is 3.17. The van der Waals surface area contributed by atoms with Gasteiger partial charge in [-0.2, -0.15) is 0 Å². The van der Waals surface area contributed by atoms with Crippen molar-refractivity contribution in [3.8, 4) is 0 Å². The average Bonchev–Trinajstić information content (AvgIpc) is 2.18. The van der Waals surface area contributed by atoms with Crippen molar-refractivity contribution in [3.63, 3.8) is 0 Å². The molecule has 0 aromatic carbocycles. The Balaban J connectivity index is 2.23. The van der Waals surface area contributed by atoms with Crippen LogP contribution in [0.4, 0.5) is 0 Å². The van der Waals surface area contributed by atoms with Gasteiger partial charge in [-0.15, -0.1) is 0 Å². The van der Waals surface area contributed by atoms with Gasteiger partial charge in [0, 0.05) is 26.3 Å². The highest BCUT2D eigenvalue weighted by molar-refractivity contribution is 4.81. The van der Waals surface area contributed by atoms with E-state index in [4.69, 9.17) is 4.74 Å². The zero-order chi connectivity index (χ0) is 10.4. The molecule has 0 saturated carbocycles. The van der Waals surface area contributed by atoms with E-state index in [1.807, 2.05) is 0 Å². The molecule has 0 aromatic rings. The van der Waals surface area contributed by atoms with Crippen molar-refractivity contribution in [3.05, 3.63) is 0 Å². The summed E-state index contributed by atoms with van der Waals surface area (Å²) in [5.74, 6) is 0.774. The predicted octanol–water partition coefficient (Wildman–Crippen LogP) is 0.953. The molecule has 0 bridgehead atoms. The van der Waals surface area contributed by atoms with Crippen LogP contribution >= 0.6 is 0 Å². The highest BCUT2D eigenvalue weighted by Gasteiger charge is 2.23. The number of rotatable bonds is 5. The van der Waals surface area contributed by atoms with Crippen molar-refractivity contribution in [2.45, 2.75) is 25.8 Å². The van der Waals surface area contributed by atoms with Crippen LogP contribution in [0, 0.1) is 5.92 Å². The molecule has 0 amide bonds. The van der Waals surface area contributed by atoms with Gasteiger partial charge in [-0.05, 0) is 38.9 Å². The molecular weight excluding hydrogens is 176 g/mol. The quantitative estimate of drug-likeness (QED) is 0.669. The number of nitrogens with zero attached hydrogens (tertiary/aromatic N) is 1. The normalized spacial score (nSPS) is 28.3. The van der Waals surface area contributed by atoms with Crippen molar-refractivity contribution in [2.75, 3.05) is 40.4 Å². The Kier molecular flexibility index (Phi) is 5.45. The molecule has 0 aliphatic carbocycles. The van der Waals surface area contributed by atoms with E-state index < -0.39 is 0 Å². The lowest BCUT2D eigenvalue weighted by Crippen LogP contribution is -2.47. The molecule has 3 nitrogen and oxygen atoms in total. The molecular formula is C11H24N2O. The van der Waals surface area contributed by atoms with Crippen molar-refractivity contribution in [2.24, 2.45) is 5.92 Å². The van der Waals surface area contributed by atoms with Gasteiger partial charge >= 0.3 is 0 Å². The summed E-state index contributed by atoms with van der Waals surface area (Å²) in [7, 11) is 4.01. The fourth-order valence-electron chi connectivity index (χ4n) is 2.28. The SMILES string of the molecule is COCCCN(C)C1CCNCC1C. The largest absolute Gasteiger partial charge is 0.385 e. The van der Waals surface area contributed by atoms with Crippen molar-refractivity contribution < 1.29 is 4.74 Å². The summed E-state index contributed by atoms with van der Waals surface area (Å²) in [5, 5.41) is 3.44. The van der Waals surface area contributed by atoms with Crippen LogP contribution in [0.2, 0.25) is 0 Å². The molecule has 1 N–H and O–H groups in total. The second-order valence-corrected chi connectivity index (χ2v) is 4.36. The molecule has 0 radical (unpaired) electrons. The van der Waals surface area contributed by atoms with E-state index in [1.165, 1.54) is 19.5 Å². The minimum atomic E-state index is 0.758. The molecule has 1 fully saturated rings. The maximum atomic E-state index is 5.07. The second-order valence-electron chi connectivity index (χ2n) is 4.36. The highest BCUT2D eigenvalue weighted by atomic mass is 16.5. The molecule has 1 rings (SSSR count). The van der Waals surface area contributed by atoms with Crippen LogP contribution in [0.15, 0.2) is 0 Å². The molecule has 0 spiro atoms. The Labute approximate surface area is 87.8 Å². The van der Waals surface area contributed by atoms with Gasteiger partial charge in [0.15, 0.2) is 0 Å². The average molecular weight is 200 g/mol. The zero-order valence-electron chi connectivity index (χ0n) is 9.75. The van der Waals surface area contributed by atoms with E-state index in [0.717, 1.165) is 31.5 Å². The Morgan fingerprint density at radius 3 is 2.93 bits per heavy atom. The Bertz CT molecular complexity index is 152. The first kappa shape index (κ1) is 12.0. The molecule has 1 aliphatic rings. The second kappa shape index (κ2) is 6.38. The minimum Gasteiger partial charge on any atom is -0.385 e. The van der Waals surface area contributed by atoms with E-state index in [2.05, 4.69) is 24.2 Å². The Morgan fingerprint density at radius 1 is 1.50 bits per heavy atom. The summed E-state index contributed by atoms with van der Waals surface area (Å²) in [4.78, 5) is 2.49. The molecule has 2 atom stereocenters. The molecule has 0 aromatic heterocycles. The van der Waals surface area contributed by atoms with Crippen LogP contribution in [0.25, 0.3) is 0 Å². The zero-order valence-corrected chi connectivity index (χ0v) is 9.75. The van der Waals surface area contributed by atoms with E-state index in [-0.39, 0.29) is 0 Å². The monoisotopic (exact) mass is 200 g/mol. The van der Waals surface area contributed by atoms with Gasteiger partial charge in [0.05, 0.1) is 0 Å². The minimum absolute atomic E-state index is 0.758. The number of piperidine rings is 1. The van der Waals surface area contributed by atoms with Crippen molar-refractivity contribution >= 4 is 0 Å². The lowest BCUT2D eigenvalue weighted by molar-refractivity contribution is 0.126. The van der Waals surface area contributed by atoms with Crippen LogP contribution < -0.4 is 5.32 Å². The van der Waals surface area contributed by atoms with E-state index >= 15 is 0 Å². The smallest absolute Gasteiger partial charge is 0.0474 e. The predicted molar refractivity (Wildman–Crippen MR) is 59.6 cm³/mol. The lowest BCUT2D eigenvalue weighted by Gasteiger charge is -2.36. The van der Waals surface area contributed by atoms with Crippen LogP contribution in [0.5, 0.6) is 0 Å². The summed E-state index contributed by atoms with van der Waals surface area (Å²) < 4.78 is 5.07. The molecule has 3 heteroatoms. The van der Waals surface area contributed by atoms with Crippen LogP contribution in [-0.2, 0) is 4.74 Å². The third-order valence-corrected chi connectivity index (χ3v) is 3.17. The first-order chi connectivity index (χ1) is 6.75. The number of ether oxygens (including phenoxy) is 1. The van der Waals surface area contributed by atoms with Crippen LogP contribution in [0.1, 0.15) is 19.8 Å². The summed E-state index contributed by atoms with van der Waals surface area (Å²) in [6.07, 6.45) is 2.42. The standard InChI is InChI=1S/C11H24N2O/c1-10-9-12-6-5-11(10)13(2)7-4-8-14-3/h10-12H,4-9H2,1-3H3. The highest BCUT2D eigenvalue weighted by Crippen LogP contribution is 2.16. The lowest BCUT2D eigenvalue weighted by atomic mass is 9.94. The molecule has 1 aliphatic heterocycles. The van der Waals surface area contributed by atoms with Gasteiger partial charge in [-0.3, -0.25) is 0 Å².